The maximum atomic E-state index is 5.79. The van der Waals surface area contributed by atoms with Crippen molar-refractivity contribution in [3.63, 3.8) is 0 Å². The van der Waals surface area contributed by atoms with E-state index in [2.05, 4.69) is 35.0 Å². The minimum absolute atomic E-state index is 0.192. The van der Waals surface area contributed by atoms with Gasteiger partial charge in [-0.1, -0.05) is 32.3 Å². The molecule has 0 heterocycles. The van der Waals surface area contributed by atoms with Crippen LogP contribution in [0, 0.1) is 0 Å². The summed E-state index contributed by atoms with van der Waals surface area (Å²) in [5, 5.41) is 0. The van der Waals surface area contributed by atoms with Crippen molar-refractivity contribution in [2.75, 3.05) is 6.61 Å². The minimum Gasteiger partial charge on any atom is -0.492 e. The molecule has 0 aliphatic rings. The van der Waals surface area contributed by atoms with Crippen LogP contribution >= 0.6 is 15.9 Å². The van der Waals surface area contributed by atoms with E-state index < -0.39 is 0 Å². The lowest BCUT2D eigenvalue weighted by Crippen LogP contribution is -2.17. The normalized spacial score (nSPS) is 12.4. The molecule has 1 aromatic carbocycles. The van der Waals surface area contributed by atoms with Gasteiger partial charge in [0.2, 0.25) is 0 Å². The summed E-state index contributed by atoms with van der Waals surface area (Å²) < 4.78 is 6.79. The second kappa shape index (κ2) is 8.54. The van der Waals surface area contributed by atoms with Crippen LogP contribution in [0.4, 0.5) is 0 Å². The molecule has 0 spiro atoms. The van der Waals surface area contributed by atoms with Gasteiger partial charge in [0.25, 0.3) is 0 Å². The lowest BCUT2D eigenvalue weighted by atomic mass is 10.1. The Hall–Kier alpha value is -0.540. The number of rotatable bonds is 8. The van der Waals surface area contributed by atoms with E-state index in [4.69, 9.17) is 10.5 Å². The Balaban J connectivity index is 2.42. The molecule has 0 aliphatic carbocycles. The van der Waals surface area contributed by atoms with Crippen LogP contribution in [-0.2, 0) is 6.42 Å². The fraction of sp³-hybridized carbons (Fsp3) is 0.600. The third-order valence-electron chi connectivity index (χ3n) is 2.81. The van der Waals surface area contributed by atoms with Gasteiger partial charge in [0.15, 0.2) is 0 Å². The van der Waals surface area contributed by atoms with Gasteiger partial charge in [0.1, 0.15) is 5.75 Å². The average molecular weight is 314 g/mol. The number of ether oxygens (including phenoxy) is 1. The largest absolute Gasteiger partial charge is 0.492 e. The quantitative estimate of drug-likeness (QED) is 0.726. The Bertz CT molecular complexity index is 352. The molecular formula is C15H24BrNO. The minimum atomic E-state index is 0.192. The first-order valence-corrected chi connectivity index (χ1v) is 7.59. The molecule has 1 aromatic rings. The van der Waals surface area contributed by atoms with Crippen LogP contribution in [-0.4, -0.2) is 12.6 Å². The Labute approximate surface area is 119 Å². The summed E-state index contributed by atoms with van der Waals surface area (Å²) in [4.78, 5) is 0. The molecule has 0 radical (unpaired) electrons. The highest BCUT2D eigenvalue weighted by Crippen LogP contribution is 2.26. The molecule has 18 heavy (non-hydrogen) atoms. The highest BCUT2D eigenvalue weighted by molar-refractivity contribution is 9.10. The maximum Gasteiger partial charge on any atom is 0.133 e. The summed E-state index contributed by atoms with van der Waals surface area (Å²) in [5.74, 6) is 0.930. The van der Waals surface area contributed by atoms with Gasteiger partial charge in [-0.05, 0) is 53.4 Å². The molecule has 3 heteroatoms. The molecule has 0 aliphatic heterocycles. The van der Waals surface area contributed by atoms with E-state index in [-0.39, 0.29) is 6.04 Å². The van der Waals surface area contributed by atoms with Gasteiger partial charge in [0.05, 0.1) is 11.1 Å². The zero-order valence-corrected chi connectivity index (χ0v) is 13.0. The summed E-state index contributed by atoms with van der Waals surface area (Å²) >= 11 is 3.55. The van der Waals surface area contributed by atoms with Crippen LogP contribution < -0.4 is 10.5 Å². The predicted molar refractivity (Wildman–Crippen MR) is 81.1 cm³/mol. The van der Waals surface area contributed by atoms with Gasteiger partial charge in [0, 0.05) is 6.04 Å². The van der Waals surface area contributed by atoms with Crippen LogP contribution in [0.5, 0.6) is 5.75 Å². The van der Waals surface area contributed by atoms with Gasteiger partial charge in [-0.3, -0.25) is 0 Å². The van der Waals surface area contributed by atoms with Gasteiger partial charge in [-0.25, -0.2) is 0 Å². The first-order valence-electron chi connectivity index (χ1n) is 6.80. The Morgan fingerprint density at radius 2 is 2.06 bits per heavy atom. The number of nitrogens with two attached hydrogens (primary N) is 1. The number of hydrogen-bond acceptors (Lipinski definition) is 2. The van der Waals surface area contributed by atoms with Crippen LogP contribution in [0.15, 0.2) is 22.7 Å². The fourth-order valence-corrected chi connectivity index (χ4v) is 2.41. The van der Waals surface area contributed by atoms with Crippen molar-refractivity contribution in [3.05, 3.63) is 28.2 Å². The molecule has 0 saturated carbocycles. The SMILES string of the molecule is CCCCCCOc1ccc(CC(C)N)cc1Br. The van der Waals surface area contributed by atoms with Crippen molar-refractivity contribution in [1.29, 1.82) is 0 Å². The predicted octanol–water partition coefficient (Wildman–Crippen LogP) is 4.30. The molecule has 2 nitrogen and oxygen atoms in total. The third-order valence-corrected chi connectivity index (χ3v) is 3.43. The summed E-state index contributed by atoms with van der Waals surface area (Å²) in [6, 6.07) is 6.42. The van der Waals surface area contributed by atoms with Gasteiger partial charge < -0.3 is 10.5 Å². The molecule has 102 valence electrons. The average Bonchev–Trinajstić information content (AvgIpc) is 2.30. The van der Waals surface area contributed by atoms with Crippen molar-refractivity contribution >= 4 is 15.9 Å². The second-order valence-electron chi connectivity index (χ2n) is 4.86. The molecule has 1 unspecified atom stereocenters. The van der Waals surface area contributed by atoms with E-state index >= 15 is 0 Å². The molecule has 0 aromatic heterocycles. The lowest BCUT2D eigenvalue weighted by molar-refractivity contribution is 0.303. The molecule has 1 rings (SSSR count). The fourth-order valence-electron chi connectivity index (χ4n) is 1.87. The molecular weight excluding hydrogens is 290 g/mol. The van der Waals surface area contributed by atoms with Gasteiger partial charge >= 0.3 is 0 Å². The summed E-state index contributed by atoms with van der Waals surface area (Å²) in [6.45, 7) is 5.03. The molecule has 2 N–H and O–H groups in total. The maximum absolute atomic E-state index is 5.79. The van der Waals surface area contributed by atoms with Crippen LogP contribution in [0.3, 0.4) is 0 Å². The summed E-state index contributed by atoms with van der Waals surface area (Å²) in [5.41, 5.74) is 7.04. The van der Waals surface area contributed by atoms with E-state index in [0.29, 0.717) is 0 Å². The molecule has 0 amide bonds. The van der Waals surface area contributed by atoms with E-state index in [0.717, 1.165) is 29.7 Å². The second-order valence-corrected chi connectivity index (χ2v) is 5.71. The highest BCUT2D eigenvalue weighted by atomic mass is 79.9. The van der Waals surface area contributed by atoms with Crippen molar-refractivity contribution < 1.29 is 4.74 Å². The van der Waals surface area contributed by atoms with Crippen LogP contribution in [0.1, 0.15) is 45.1 Å². The highest BCUT2D eigenvalue weighted by Gasteiger charge is 2.04. The Morgan fingerprint density at radius 3 is 2.67 bits per heavy atom. The smallest absolute Gasteiger partial charge is 0.133 e. The Kier molecular flexibility index (Phi) is 7.36. The first kappa shape index (κ1) is 15.5. The van der Waals surface area contributed by atoms with E-state index in [1.54, 1.807) is 0 Å². The molecule has 0 bridgehead atoms. The van der Waals surface area contributed by atoms with E-state index in [1.807, 2.05) is 13.0 Å². The zero-order chi connectivity index (χ0) is 13.4. The van der Waals surface area contributed by atoms with Gasteiger partial charge in [-0.2, -0.15) is 0 Å². The van der Waals surface area contributed by atoms with Crippen molar-refractivity contribution in [3.8, 4) is 5.75 Å². The molecule has 0 saturated heterocycles. The topological polar surface area (TPSA) is 35.2 Å². The molecule has 1 atom stereocenters. The van der Waals surface area contributed by atoms with Gasteiger partial charge in [-0.15, -0.1) is 0 Å². The number of unbranched alkanes of at least 4 members (excludes halogenated alkanes) is 3. The first-order chi connectivity index (χ1) is 8.63. The van der Waals surface area contributed by atoms with Crippen LogP contribution in [0.2, 0.25) is 0 Å². The van der Waals surface area contributed by atoms with Crippen molar-refractivity contribution in [1.82, 2.24) is 0 Å². The molecule has 0 fully saturated rings. The van der Waals surface area contributed by atoms with Crippen LogP contribution in [0.25, 0.3) is 0 Å². The standard InChI is InChI=1S/C15H24BrNO/c1-3-4-5-6-9-18-15-8-7-13(10-12(2)17)11-14(15)16/h7-8,11-12H,3-6,9-10,17H2,1-2H3. The Morgan fingerprint density at radius 1 is 1.28 bits per heavy atom. The number of hydrogen-bond donors (Lipinski definition) is 1. The number of benzene rings is 1. The van der Waals surface area contributed by atoms with Crippen molar-refractivity contribution in [2.45, 2.75) is 52.0 Å². The lowest BCUT2D eigenvalue weighted by Gasteiger charge is -2.11. The zero-order valence-electron chi connectivity index (χ0n) is 11.4. The summed E-state index contributed by atoms with van der Waals surface area (Å²) in [6.07, 6.45) is 5.82. The van der Waals surface area contributed by atoms with Crippen molar-refractivity contribution in [2.24, 2.45) is 5.73 Å². The summed E-state index contributed by atoms with van der Waals surface area (Å²) in [7, 11) is 0. The number of halogens is 1. The van der Waals surface area contributed by atoms with E-state index in [9.17, 15) is 0 Å². The van der Waals surface area contributed by atoms with E-state index in [1.165, 1.54) is 24.8 Å². The third kappa shape index (κ3) is 5.87. The monoisotopic (exact) mass is 313 g/mol.